The minimum atomic E-state index is -0.808. The van der Waals surface area contributed by atoms with Gasteiger partial charge in [-0.2, -0.15) is 0 Å². The minimum absolute atomic E-state index is 0.118. The highest BCUT2D eigenvalue weighted by molar-refractivity contribution is 6.30. The zero-order valence-electron chi connectivity index (χ0n) is 17.4. The number of benzene rings is 2. The van der Waals surface area contributed by atoms with Gasteiger partial charge in [-0.15, -0.1) is 0 Å². The lowest BCUT2D eigenvalue weighted by Gasteiger charge is -2.11. The van der Waals surface area contributed by atoms with E-state index in [1.54, 1.807) is 30.6 Å². The van der Waals surface area contributed by atoms with Crippen molar-refractivity contribution in [2.75, 3.05) is 5.32 Å². The first-order chi connectivity index (χ1) is 15.5. The Labute approximate surface area is 192 Å². The van der Waals surface area contributed by atoms with E-state index in [9.17, 15) is 9.59 Å². The van der Waals surface area contributed by atoms with E-state index in [2.05, 4.69) is 10.3 Å². The number of unbranched alkanes of at least 4 members (excludes halogenated alkanes) is 1. The second-order valence-electron chi connectivity index (χ2n) is 7.10. The molecule has 0 aliphatic rings. The third kappa shape index (κ3) is 7.22. The van der Waals surface area contributed by atoms with Gasteiger partial charge < -0.3 is 10.4 Å². The number of allylic oxidation sites excluding steroid dienone is 1. The van der Waals surface area contributed by atoms with Crippen LogP contribution in [0.5, 0.6) is 0 Å². The predicted octanol–water partition coefficient (Wildman–Crippen LogP) is 6.07. The molecule has 3 rings (SSSR count). The number of rotatable bonds is 9. The summed E-state index contributed by atoms with van der Waals surface area (Å²) >= 11 is 5.88. The van der Waals surface area contributed by atoms with Crippen molar-refractivity contribution >= 4 is 40.8 Å². The SMILES string of the molecule is O=C(O)CCCC=C(c1cccnc1)c1cccc(NC(=O)C=Cc2ccc(Cl)cc2)c1. The zero-order valence-corrected chi connectivity index (χ0v) is 18.1. The molecule has 5 nitrogen and oxygen atoms in total. The van der Waals surface area contributed by atoms with Gasteiger partial charge in [-0.05, 0) is 65.9 Å². The van der Waals surface area contributed by atoms with E-state index in [1.807, 2.05) is 54.6 Å². The Morgan fingerprint density at radius 1 is 1.03 bits per heavy atom. The van der Waals surface area contributed by atoms with Crippen LogP contribution < -0.4 is 5.32 Å². The average molecular weight is 447 g/mol. The van der Waals surface area contributed by atoms with E-state index in [0.717, 1.165) is 22.3 Å². The Hall–Kier alpha value is -3.70. The topological polar surface area (TPSA) is 79.3 Å². The molecule has 0 saturated carbocycles. The number of aliphatic carboxylic acids is 1. The van der Waals surface area contributed by atoms with Crippen molar-refractivity contribution in [2.45, 2.75) is 19.3 Å². The molecule has 0 aliphatic heterocycles. The molecule has 0 atom stereocenters. The lowest BCUT2D eigenvalue weighted by atomic mass is 9.97. The van der Waals surface area contributed by atoms with E-state index in [-0.39, 0.29) is 12.3 Å². The second-order valence-corrected chi connectivity index (χ2v) is 7.54. The van der Waals surface area contributed by atoms with Gasteiger partial charge in [-0.25, -0.2) is 0 Å². The Morgan fingerprint density at radius 3 is 2.53 bits per heavy atom. The van der Waals surface area contributed by atoms with Crippen LogP contribution in [0, 0.1) is 0 Å². The standard InChI is InChI=1S/C26H23ClN2O3/c27-22-13-10-19(11-14-22)12-15-25(30)29-23-7-3-5-20(17-23)24(8-1-2-9-26(31)32)21-6-4-16-28-18-21/h3-8,10-18H,1-2,9H2,(H,29,30)(H,31,32). The van der Waals surface area contributed by atoms with Gasteiger partial charge in [0.15, 0.2) is 0 Å². The summed E-state index contributed by atoms with van der Waals surface area (Å²) in [7, 11) is 0. The number of pyridine rings is 1. The van der Waals surface area contributed by atoms with Gasteiger partial charge >= 0.3 is 5.97 Å². The molecule has 0 fully saturated rings. The first-order valence-corrected chi connectivity index (χ1v) is 10.6. The molecule has 32 heavy (non-hydrogen) atoms. The molecular weight excluding hydrogens is 424 g/mol. The van der Waals surface area contributed by atoms with Crippen LogP contribution in [-0.4, -0.2) is 22.0 Å². The molecule has 1 amide bonds. The monoisotopic (exact) mass is 446 g/mol. The third-order valence-electron chi connectivity index (χ3n) is 4.65. The zero-order chi connectivity index (χ0) is 22.8. The van der Waals surface area contributed by atoms with Crippen molar-refractivity contribution in [2.24, 2.45) is 0 Å². The van der Waals surface area contributed by atoms with Crippen LogP contribution in [0.3, 0.4) is 0 Å². The number of carboxylic acids is 1. The Morgan fingerprint density at radius 2 is 1.81 bits per heavy atom. The summed E-state index contributed by atoms with van der Waals surface area (Å²) < 4.78 is 0. The van der Waals surface area contributed by atoms with Crippen LogP contribution in [0.4, 0.5) is 5.69 Å². The molecule has 0 aliphatic carbocycles. The van der Waals surface area contributed by atoms with Crippen molar-refractivity contribution in [3.05, 3.63) is 107 Å². The summed E-state index contributed by atoms with van der Waals surface area (Å²) in [6.45, 7) is 0. The van der Waals surface area contributed by atoms with Crippen molar-refractivity contribution in [3.8, 4) is 0 Å². The number of nitrogens with one attached hydrogen (secondary N) is 1. The van der Waals surface area contributed by atoms with E-state index in [1.165, 1.54) is 6.08 Å². The number of hydrogen-bond donors (Lipinski definition) is 2. The molecule has 6 heteroatoms. The van der Waals surface area contributed by atoms with Gasteiger partial charge in [0, 0.05) is 41.2 Å². The number of nitrogens with zero attached hydrogens (tertiary/aromatic N) is 1. The summed E-state index contributed by atoms with van der Waals surface area (Å²) in [4.78, 5) is 27.4. The summed E-state index contributed by atoms with van der Waals surface area (Å²) in [5, 5.41) is 12.4. The van der Waals surface area contributed by atoms with Crippen molar-refractivity contribution < 1.29 is 14.7 Å². The smallest absolute Gasteiger partial charge is 0.303 e. The fourth-order valence-electron chi connectivity index (χ4n) is 3.12. The fraction of sp³-hybridized carbons (Fsp3) is 0.115. The van der Waals surface area contributed by atoms with E-state index in [0.29, 0.717) is 23.6 Å². The Balaban J connectivity index is 1.76. The molecule has 0 bridgehead atoms. The van der Waals surface area contributed by atoms with Gasteiger partial charge in [-0.3, -0.25) is 14.6 Å². The van der Waals surface area contributed by atoms with Gasteiger partial charge in [0.05, 0.1) is 0 Å². The summed E-state index contributed by atoms with van der Waals surface area (Å²) in [5.74, 6) is -1.05. The van der Waals surface area contributed by atoms with Crippen LogP contribution in [0.1, 0.15) is 36.0 Å². The van der Waals surface area contributed by atoms with Crippen molar-refractivity contribution in [1.29, 1.82) is 0 Å². The average Bonchev–Trinajstić information content (AvgIpc) is 2.79. The van der Waals surface area contributed by atoms with Crippen LogP contribution in [-0.2, 0) is 9.59 Å². The van der Waals surface area contributed by atoms with E-state index >= 15 is 0 Å². The van der Waals surface area contributed by atoms with Gasteiger partial charge in [0.25, 0.3) is 0 Å². The third-order valence-corrected chi connectivity index (χ3v) is 4.91. The van der Waals surface area contributed by atoms with Gasteiger partial charge in [0.2, 0.25) is 5.91 Å². The molecule has 1 aromatic heterocycles. The maximum Gasteiger partial charge on any atom is 0.303 e. The Kier molecular flexibility index (Phi) is 8.35. The number of aromatic nitrogens is 1. The van der Waals surface area contributed by atoms with Gasteiger partial charge in [-0.1, -0.05) is 48.0 Å². The summed E-state index contributed by atoms with van der Waals surface area (Å²) in [5.41, 5.74) is 4.31. The quantitative estimate of drug-likeness (QED) is 0.308. The first-order valence-electron chi connectivity index (χ1n) is 10.2. The summed E-state index contributed by atoms with van der Waals surface area (Å²) in [6.07, 6.45) is 9.97. The number of halogens is 1. The molecule has 0 saturated heterocycles. The summed E-state index contributed by atoms with van der Waals surface area (Å²) in [6, 6.07) is 18.6. The van der Waals surface area contributed by atoms with Crippen LogP contribution >= 0.6 is 11.6 Å². The molecule has 2 aromatic carbocycles. The maximum absolute atomic E-state index is 12.4. The highest BCUT2D eigenvalue weighted by Gasteiger charge is 2.08. The van der Waals surface area contributed by atoms with Crippen LogP contribution in [0.15, 0.2) is 85.2 Å². The van der Waals surface area contributed by atoms with Gasteiger partial charge in [0.1, 0.15) is 0 Å². The highest BCUT2D eigenvalue weighted by Crippen LogP contribution is 2.26. The molecule has 0 unspecified atom stereocenters. The van der Waals surface area contributed by atoms with Crippen LogP contribution in [0.2, 0.25) is 5.02 Å². The fourth-order valence-corrected chi connectivity index (χ4v) is 3.24. The number of amides is 1. The minimum Gasteiger partial charge on any atom is -0.481 e. The predicted molar refractivity (Wildman–Crippen MR) is 128 cm³/mol. The number of carboxylic acid groups (broad SMARTS) is 1. The lowest BCUT2D eigenvalue weighted by Crippen LogP contribution is -2.08. The first kappa shape index (κ1) is 23.0. The van der Waals surface area contributed by atoms with Crippen molar-refractivity contribution in [3.63, 3.8) is 0 Å². The van der Waals surface area contributed by atoms with Crippen LogP contribution in [0.25, 0.3) is 11.6 Å². The number of hydrogen-bond acceptors (Lipinski definition) is 3. The van der Waals surface area contributed by atoms with Crippen molar-refractivity contribution in [1.82, 2.24) is 4.98 Å². The number of carbonyl (C=O) groups excluding carboxylic acids is 1. The van der Waals surface area contributed by atoms with E-state index in [4.69, 9.17) is 16.7 Å². The lowest BCUT2D eigenvalue weighted by molar-refractivity contribution is -0.137. The largest absolute Gasteiger partial charge is 0.481 e. The molecule has 0 radical (unpaired) electrons. The normalized spacial score (nSPS) is 11.5. The second kappa shape index (κ2) is 11.6. The maximum atomic E-state index is 12.4. The molecular formula is C26H23ClN2O3. The molecule has 2 N–H and O–H groups in total. The number of anilines is 1. The molecule has 0 spiro atoms. The molecule has 162 valence electrons. The molecule has 1 heterocycles. The highest BCUT2D eigenvalue weighted by atomic mass is 35.5. The molecule has 3 aromatic rings. The van der Waals surface area contributed by atoms with E-state index < -0.39 is 5.97 Å². The Bertz CT molecular complexity index is 1120. The number of carbonyl (C=O) groups is 2.